The van der Waals surface area contributed by atoms with Crippen molar-refractivity contribution in [3.63, 3.8) is 0 Å². The van der Waals surface area contributed by atoms with Gasteiger partial charge in [-0.2, -0.15) is 0 Å². The van der Waals surface area contributed by atoms with Crippen LogP contribution in [0.25, 0.3) is 6.08 Å². The molecule has 0 saturated carbocycles. The summed E-state index contributed by atoms with van der Waals surface area (Å²) in [5, 5.41) is 13.9. The summed E-state index contributed by atoms with van der Waals surface area (Å²) in [4.78, 5) is 24.3. The molecule has 0 saturated heterocycles. The van der Waals surface area contributed by atoms with Crippen molar-refractivity contribution in [2.45, 2.75) is 30.0 Å². The Hall–Kier alpha value is -2.97. The molecule has 0 radical (unpaired) electrons. The number of carbonyl (C=O) groups is 2. The predicted molar refractivity (Wildman–Crippen MR) is 122 cm³/mol. The van der Waals surface area contributed by atoms with Gasteiger partial charge in [0.1, 0.15) is 6.04 Å². The maximum atomic E-state index is 12.3. The molecular weight excluding hydrogens is 416 g/mol. The highest BCUT2D eigenvalue weighted by atomic mass is 32.2. The first-order valence-electron chi connectivity index (χ1n) is 9.36. The predicted octanol–water partition coefficient (Wildman–Crippen LogP) is 4.30. The average molecular weight is 439 g/mol. The Morgan fingerprint density at radius 1 is 1.10 bits per heavy atom. The summed E-state index contributed by atoms with van der Waals surface area (Å²) in [6.07, 6.45) is 3.10. The number of nitrogens with one attached hydrogen (secondary N) is 2. The topological polar surface area (TPSA) is 84.0 Å². The van der Waals surface area contributed by atoms with Crippen molar-refractivity contribution in [1.82, 2.24) is 15.5 Å². The van der Waals surface area contributed by atoms with E-state index in [1.807, 2.05) is 30.3 Å². The average Bonchev–Trinajstić information content (AvgIpc) is 3.20. The lowest BCUT2D eigenvalue weighted by molar-refractivity contribution is -0.123. The molecule has 0 aliphatic heterocycles. The highest BCUT2D eigenvalue weighted by Crippen LogP contribution is 2.28. The van der Waals surface area contributed by atoms with Gasteiger partial charge in [0, 0.05) is 11.8 Å². The number of benzene rings is 2. The maximum absolute atomic E-state index is 12.3. The SMILES string of the molecule is Cc1ccc(CSc2nnc(NC(=O)[C@@H](C)NC(=O)/C=C/c3ccccc3)s2)cc1. The Balaban J connectivity index is 1.46. The van der Waals surface area contributed by atoms with Gasteiger partial charge in [-0.25, -0.2) is 0 Å². The largest absolute Gasteiger partial charge is 0.341 e. The van der Waals surface area contributed by atoms with Gasteiger partial charge in [-0.05, 0) is 31.1 Å². The molecule has 6 nitrogen and oxygen atoms in total. The molecule has 0 fully saturated rings. The molecule has 2 aromatic carbocycles. The minimum absolute atomic E-state index is 0.340. The number of rotatable bonds is 8. The summed E-state index contributed by atoms with van der Waals surface area (Å²) in [7, 11) is 0. The monoisotopic (exact) mass is 438 g/mol. The third-order valence-electron chi connectivity index (χ3n) is 4.10. The third-order valence-corrected chi connectivity index (χ3v) is 6.14. The Morgan fingerprint density at radius 2 is 1.83 bits per heavy atom. The molecule has 0 spiro atoms. The van der Waals surface area contributed by atoms with Crippen LogP contribution in [0.15, 0.2) is 65.0 Å². The fourth-order valence-corrected chi connectivity index (χ4v) is 4.14. The molecule has 1 heterocycles. The minimum Gasteiger partial charge on any atom is -0.341 e. The number of hydrogen-bond donors (Lipinski definition) is 2. The molecule has 154 valence electrons. The van der Waals surface area contributed by atoms with Crippen LogP contribution in [0.3, 0.4) is 0 Å². The van der Waals surface area contributed by atoms with E-state index in [0.29, 0.717) is 5.13 Å². The number of hydrogen-bond acceptors (Lipinski definition) is 6. The molecule has 0 unspecified atom stereocenters. The van der Waals surface area contributed by atoms with Crippen LogP contribution in [-0.2, 0) is 15.3 Å². The molecule has 8 heteroatoms. The number of carbonyl (C=O) groups excluding carboxylic acids is 2. The fraction of sp³-hybridized carbons (Fsp3) is 0.182. The van der Waals surface area contributed by atoms with Gasteiger partial charge < -0.3 is 5.32 Å². The molecule has 0 aliphatic rings. The standard InChI is InChI=1S/C22H22N4O2S2/c1-15-8-10-18(11-9-15)14-29-22-26-25-21(30-22)24-20(28)16(2)23-19(27)13-12-17-6-4-3-5-7-17/h3-13,16H,14H2,1-2H3,(H,23,27)(H,24,25,28)/b13-12+/t16-/m1/s1. The number of anilines is 1. The van der Waals surface area contributed by atoms with Gasteiger partial charge in [-0.15, -0.1) is 10.2 Å². The molecule has 30 heavy (non-hydrogen) atoms. The highest BCUT2D eigenvalue weighted by molar-refractivity contribution is 8.00. The fourth-order valence-electron chi connectivity index (χ4n) is 2.42. The van der Waals surface area contributed by atoms with Crippen LogP contribution in [-0.4, -0.2) is 28.1 Å². The number of thioether (sulfide) groups is 1. The van der Waals surface area contributed by atoms with Gasteiger partial charge in [-0.1, -0.05) is 83.3 Å². The lowest BCUT2D eigenvalue weighted by Gasteiger charge is -2.11. The van der Waals surface area contributed by atoms with Gasteiger partial charge in [0.25, 0.3) is 0 Å². The van der Waals surface area contributed by atoms with Crippen LogP contribution in [0.1, 0.15) is 23.6 Å². The van der Waals surface area contributed by atoms with E-state index in [0.717, 1.165) is 15.7 Å². The number of amides is 2. The summed E-state index contributed by atoms with van der Waals surface area (Å²) >= 11 is 2.88. The van der Waals surface area contributed by atoms with Crippen LogP contribution in [0.4, 0.5) is 5.13 Å². The van der Waals surface area contributed by atoms with Crippen molar-refractivity contribution in [3.05, 3.63) is 77.4 Å². The van der Waals surface area contributed by atoms with Crippen LogP contribution in [0, 0.1) is 6.92 Å². The molecule has 0 aliphatic carbocycles. The zero-order valence-corrected chi connectivity index (χ0v) is 18.3. The zero-order valence-electron chi connectivity index (χ0n) is 16.7. The van der Waals surface area contributed by atoms with Crippen molar-refractivity contribution in [2.24, 2.45) is 0 Å². The summed E-state index contributed by atoms with van der Waals surface area (Å²) in [6.45, 7) is 3.68. The Morgan fingerprint density at radius 3 is 2.57 bits per heavy atom. The zero-order chi connectivity index (χ0) is 21.3. The van der Waals surface area contributed by atoms with E-state index >= 15 is 0 Å². The summed E-state index contributed by atoms with van der Waals surface area (Å²) in [5.74, 6) is 0.0964. The van der Waals surface area contributed by atoms with Crippen LogP contribution >= 0.6 is 23.1 Å². The van der Waals surface area contributed by atoms with Crippen molar-refractivity contribution in [1.29, 1.82) is 0 Å². The smallest absolute Gasteiger partial charge is 0.248 e. The molecule has 3 aromatic rings. The summed E-state index contributed by atoms with van der Waals surface area (Å²) in [5.41, 5.74) is 3.34. The lowest BCUT2D eigenvalue weighted by atomic mass is 10.2. The Labute approximate surface area is 183 Å². The molecule has 2 N–H and O–H groups in total. The molecular formula is C22H22N4O2S2. The maximum Gasteiger partial charge on any atom is 0.248 e. The second-order valence-corrected chi connectivity index (χ2v) is 8.81. The van der Waals surface area contributed by atoms with Crippen LogP contribution < -0.4 is 10.6 Å². The summed E-state index contributed by atoms with van der Waals surface area (Å²) in [6, 6.07) is 17.1. The third kappa shape index (κ3) is 6.82. The van der Waals surface area contributed by atoms with Crippen molar-refractivity contribution >= 4 is 46.1 Å². The quantitative estimate of drug-likeness (QED) is 0.311. The van der Waals surface area contributed by atoms with E-state index in [1.54, 1.807) is 24.8 Å². The number of aryl methyl sites for hydroxylation is 1. The van der Waals surface area contributed by atoms with E-state index in [2.05, 4.69) is 52.0 Å². The van der Waals surface area contributed by atoms with Gasteiger partial charge >= 0.3 is 0 Å². The van der Waals surface area contributed by atoms with E-state index < -0.39 is 6.04 Å². The second-order valence-electron chi connectivity index (χ2n) is 6.61. The van der Waals surface area contributed by atoms with Gasteiger partial charge in [-0.3, -0.25) is 14.9 Å². The molecule has 2 amide bonds. The minimum atomic E-state index is -0.703. The van der Waals surface area contributed by atoms with E-state index in [4.69, 9.17) is 0 Å². The molecule has 3 rings (SSSR count). The van der Waals surface area contributed by atoms with Crippen molar-refractivity contribution in [2.75, 3.05) is 5.32 Å². The van der Waals surface area contributed by atoms with Crippen molar-refractivity contribution < 1.29 is 9.59 Å². The van der Waals surface area contributed by atoms with Crippen molar-refractivity contribution in [3.8, 4) is 0 Å². The normalized spacial score (nSPS) is 11.9. The van der Waals surface area contributed by atoms with E-state index in [-0.39, 0.29) is 11.8 Å². The molecule has 1 atom stereocenters. The van der Waals surface area contributed by atoms with Crippen LogP contribution in [0.5, 0.6) is 0 Å². The Kier molecular flexibility index (Phi) is 7.75. The van der Waals surface area contributed by atoms with Crippen LogP contribution in [0.2, 0.25) is 0 Å². The van der Waals surface area contributed by atoms with E-state index in [1.165, 1.54) is 28.5 Å². The van der Waals surface area contributed by atoms with E-state index in [9.17, 15) is 9.59 Å². The van der Waals surface area contributed by atoms with Gasteiger partial charge in [0.15, 0.2) is 4.34 Å². The van der Waals surface area contributed by atoms with Gasteiger partial charge in [0.2, 0.25) is 16.9 Å². The number of aromatic nitrogens is 2. The first-order chi connectivity index (χ1) is 14.5. The van der Waals surface area contributed by atoms with Gasteiger partial charge in [0.05, 0.1) is 0 Å². The first kappa shape index (κ1) is 21.7. The number of nitrogens with zero attached hydrogens (tertiary/aromatic N) is 2. The summed E-state index contributed by atoms with van der Waals surface area (Å²) < 4.78 is 0.772. The Bertz CT molecular complexity index is 1020. The second kappa shape index (κ2) is 10.7. The lowest BCUT2D eigenvalue weighted by Crippen LogP contribution is -2.40. The molecule has 1 aromatic heterocycles. The highest BCUT2D eigenvalue weighted by Gasteiger charge is 2.16. The molecule has 0 bridgehead atoms. The first-order valence-corrected chi connectivity index (χ1v) is 11.2.